The molecule has 21 heavy (non-hydrogen) atoms. The average molecular weight is 282 g/mol. The summed E-state index contributed by atoms with van der Waals surface area (Å²) in [5.41, 5.74) is 2.63. The van der Waals surface area contributed by atoms with E-state index in [1.807, 2.05) is 12.3 Å². The van der Waals surface area contributed by atoms with Crippen LogP contribution in [0.2, 0.25) is 0 Å². The van der Waals surface area contributed by atoms with Gasteiger partial charge in [0.1, 0.15) is 0 Å². The van der Waals surface area contributed by atoms with Crippen molar-refractivity contribution in [3.63, 3.8) is 0 Å². The Kier molecular flexibility index (Phi) is 4.87. The van der Waals surface area contributed by atoms with Gasteiger partial charge < -0.3 is 5.32 Å². The number of nitrogens with zero attached hydrogens (tertiary/aromatic N) is 1. The molecule has 112 valence electrons. The molecule has 1 heterocycles. The number of benzene rings is 1. The molecule has 3 rings (SSSR count). The summed E-state index contributed by atoms with van der Waals surface area (Å²) in [4.78, 5) is 4.53. The van der Waals surface area contributed by atoms with Crippen molar-refractivity contribution in [2.75, 3.05) is 13.1 Å². The van der Waals surface area contributed by atoms with Crippen LogP contribution in [0.3, 0.4) is 0 Å². The molecule has 1 aliphatic carbocycles. The molecule has 0 bridgehead atoms. The number of fused-ring (bicyclic) bond motifs is 1. The fourth-order valence-corrected chi connectivity index (χ4v) is 3.71. The molecule has 2 unspecified atom stereocenters. The lowest BCUT2D eigenvalue weighted by Gasteiger charge is -2.26. The van der Waals surface area contributed by atoms with Gasteiger partial charge in [0.05, 0.1) is 5.52 Å². The lowest BCUT2D eigenvalue weighted by molar-refractivity contribution is 0.379. The van der Waals surface area contributed by atoms with Crippen molar-refractivity contribution >= 4 is 10.9 Å². The standard InChI is InChI=1S/C19H26N2/c1-2-20-14-17-7-4-3-5-9-18(17)16-11-10-15-8-6-12-21-19(15)13-16/h6,8,10-13,17-18,20H,2-5,7,9,14H2,1H3. The van der Waals surface area contributed by atoms with Crippen LogP contribution in [-0.2, 0) is 0 Å². The highest BCUT2D eigenvalue weighted by molar-refractivity contribution is 5.79. The molecule has 1 N–H and O–H groups in total. The first-order chi connectivity index (χ1) is 10.4. The van der Waals surface area contributed by atoms with E-state index >= 15 is 0 Å². The second-order valence-electron chi connectivity index (χ2n) is 6.27. The van der Waals surface area contributed by atoms with Gasteiger partial charge >= 0.3 is 0 Å². The van der Waals surface area contributed by atoms with Gasteiger partial charge in [-0.1, -0.05) is 44.4 Å². The van der Waals surface area contributed by atoms with Crippen LogP contribution in [0.15, 0.2) is 36.5 Å². The Labute approximate surface area is 128 Å². The van der Waals surface area contributed by atoms with Crippen LogP contribution in [0.4, 0.5) is 0 Å². The van der Waals surface area contributed by atoms with E-state index in [1.165, 1.54) is 43.1 Å². The van der Waals surface area contributed by atoms with Crippen LogP contribution in [-0.4, -0.2) is 18.1 Å². The van der Waals surface area contributed by atoms with Crippen LogP contribution < -0.4 is 5.32 Å². The quantitative estimate of drug-likeness (QED) is 0.835. The molecule has 2 nitrogen and oxygen atoms in total. The average Bonchev–Trinajstić information content (AvgIpc) is 2.78. The summed E-state index contributed by atoms with van der Waals surface area (Å²) in [5.74, 6) is 1.46. The largest absolute Gasteiger partial charge is 0.317 e. The van der Waals surface area contributed by atoms with E-state index in [-0.39, 0.29) is 0 Å². The van der Waals surface area contributed by atoms with Gasteiger partial charge in [0.25, 0.3) is 0 Å². The molecule has 2 aromatic rings. The third-order valence-corrected chi connectivity index (χ3v) is 4.87. The zero-order chi connectivity index (χ0) is 14.5. The number of aromatic nitrogens is 1. The molecular formula is C19H26N2. The Morgan fingerprint density at radius 3 is 2.95 bits per heavy atom. The van der Waals surface area contributed by atoms with Crippen molar-refractivity contribution < 1.29 is 0 Å². The van der Waals surface area contributed by atoms with Gasteiger partial charge in [0.15, 0.2) is 0 Å². The maximum Gasteiger partial charge on any atom is 0.0704 e. The normalized spacial score (nSPS) is 23.1. The highest BCUT2D eigenvalue weighted by Gasteiger charge is 2.24. The molecule has 2 heteroatoms. The van der Waals surface area contributed by atoms with Gasteiger partial charge in [-0.2, -0.15) is 0 Å². The summed E-state index contributed by atoms with van der Waals surface area (Å²) in [6.07, 6.45) is 8.73. The third-order valence-electron chi connectivity index (χ3n) is 4.87. The molecule has 1 aromatic heterocycles. The molecule has 0 saturated heterocycles. The summed E-state index contributed by atoms with van der Waals surface area (Å²) in [7, 11) is 0. The Bertz CT molecular complexity index is 579. The first-order valence-electron chi connectivity index (χ1n) is 8.44. The summed E-state index contributed by atoms with van der Waals surface area (Å²) >= 11 is 0. The highest BCUT2D eigenvalue weighted by Crippen LogP contribution is 2.37. The zero-order valence-corrected chi connectivity index (χ0v) is 13.0. The second kappa shape index (κ2) is 7.04. The minimum Gasteiger partial charge on any atom is -0.317 e. The Morgan fingerprint density at radius 1 is 1.14 bits per heavy atom. The molecule has 1 fully saturated rings. The monoisotopic (exact) mass is 282 g/mol. The van der Waals surface area contributed by atoms with Crippen molar-refractivity contribution in [2.45, 2.75) is 44.9 Å². The van der Waals surface area contributed by atoms with Crippen molar-refractivity contribution in [2.24, 2.45) is 5.92 Å². The maximum absolute atomic E-state index is 4.53. The van der Waals surface area contributed by atoms with Crippen molar-refractivity contribution in [1.82, 2.24) is 10.3 Å². The Hall–Kier alpha value is -1.41. The van der Waals surface area contributed by atoms with E-state index < -0.39 is 0 Å². The molecule has 0 aliphatic heterocycles. The lowest BCUT2D eigenvalue weighted by Crippen LogP contribution is -2.26. The van der Waals surface area contributed by atoms with Gasteiger partial charge in [0.2, 0.25) is 0 Å². The van der Waals surface area contributed by atoms with Crippen LogP contribution in [0.25, 0.3) is 10.9 Å². The van der Waals surface area contributed by atoms with Gasteiger partial charge in [-0.3, -0.25) is 4.98 Å². The molecular weight excluding hydrogens is 256 g/mol. The summed E-state index contributed by atoms with van der Waals surface area (Å²) < 4.78 is 0. The molecule has 2 atom stereocenters. The highest BCUT2D eigenvalue weighted by atomic mass is 14.8. The fraction of sp³-hybridized carbons (Fsp3) is 0.526. The Morgan fingerprint density at radius 2 is 2.05 bits per heavy atom. The molecule has 0 radical (unpaired) electrons. The molecule has 1 saturated carbocycles. The maximum atomic E-state index is 4.53. The SMILES string of the molecule is CCNCC1CCCCCC1c1ccc2cccnc2c1. The van der Waals surface area contributed by atoms with E-state index in [1.54, 1.807) is 0 Å². The van der Waals surface area contributed by atoms with Crippen LogP contribution in [0, 0.1) is 5.92 Å². The van der Waals surface area contributed by atoms with E-state index in [0.717, 1.165) is 24.5 Å². The topological polar surface area (TPSA) is 24.9 Å². The number of rotatable bonds is 4. The second-order valence-corrected chi connectivity index (χ2v) is 6.27. The summed E-state index contributed by atoms with van der Waals surface area (Å²) in [6.45, 7) is 4.43. The van der Waals surface area contributed by atoms with E-state index in [2.05, 4.69) is 41.5 Å². The van der Waals surface area contributed by atoms with E-state index in [0.29, 0.717) is 5.92 Å². The summed E-state index contributed by atoms with van der Waals surface area (Å²) in [5, 5.41) is 4.82. The summed E-state index contributed by atoms with van der Waals surface area (Å²) in [6, 6.07) is 11.1. The number of hydrogen-bond acceptors (Lipinski definition) is 2. The van der Waals surface area contributed by atoms with Gasteiger partial charge in [-0.05, 0) is 55.5 Å². The number of hydrogen-bond donors (Lipinski definition) is 1. The predicted octanol–water partition coefficient (Wildman–Crippen LogP) is 4.51. The van der Waals surface area contributed by atoms with Crippen molar-refractivity contribution in [1.29, 1.82) is 0 Å². The van der Waals surface area contributed by atoms with E-state index in [4.69, 9.17) is 0 Å². The smallest absolute Gasteiger partial charge is 0.0704 e. The van der Waals surface area contributed by atoms with Crippen LogP contribution >= 0.6 is 0 Å². The molecule has 0 amide bonds. The third kappa shape index (κ3) is 3.44. The minimum absolute atomic E-state index is 0.693. The molecule has 0 spiro atoms. The minimum atomic E-state index is 0.693. The first kappa shape index (κ1) is 14.5. The predicted molar refractivity (Wildman–Crippen MR) is 89.6 cm³/mol. The van der Waals surface area contributed by atoms with Crippen LogP contribution in [0.5, 0.6) is 0 Å². The number of pyridine rings is 1. The lowest BCUT2D eigenvalue weighted by atomic mass is 9.82. The fourth-order valence-electron chi connectivity index (χ4n) is 3.71. The van der Waals surface area contributed by atoms with Gasteiger partial charge in [-0.15, -0.1) is 0 Å². The molecule has 1 aromatic carbocycles. The zero-order valence-electron chi connectivity index (χ0n) is 13.0. The Balaban J connectivity index is 1.88. The van der Waals surface area contributed by atoms with Gasteiger partial charge in [0, 0.05) is 11.6 Å². The van der Waals surface area contributed by atoms with Crippen LogP contribution in [0.1, 0.15) is 50.5 Å². The van der Waals surface area contributed by atoms with Gasteiger partial charge in [-0.25, -0.2) is 0 Å². The van der Waals surface area contributed by atoms with Crippen molar-refractivity contribution in [3.8, 4) is 0 Å². The first-order valence-corrected chi connectivity index (χ1v) is 8.44. The van der Waals surface area contributed by atoms with E-state index in [9.17, 15) is 0 Å². The van der Waals surface area contributed by atoms with Crippen molar-refractivity contribution in [3.05, 3.63) is 42.1 Å². The molecule has 1 aliphatic rings. The number of nitrogens with one attached hydrogen (secondary N) is 1.